The van der Waals surface area contributed by atoms with Gasteiger partial charge in [0.2, 0.25) is 10.0 Å². The van der Waals surface area contributed by atoms with Crippen LogP contribution in [-0.2, 0) is 10.0 Å². The van der Waals surface area contributed by atoms with Gasteiger partial charge in [0.15, 0.2) is 5.82 Å². The Kier molecular flexibility index (Phi) is 7.74. The molecular weight excluding hydrogens is 638 g/mol. The molecule has 3 N–H and O–H groups in total. The van der Waals surface area contributed by atoms with Crippen LogP contribution in [0, 0.1) is 17.1 Å². The Morgan fingerprint density at radius 3 is 2.65 bits per heavy atom. The Morgan fingerprint density at radius 1 is 1.09 bits per heavy atom. The number of nitrogens with one attached hydrogen (secondary N) is 3. The van der Waals surface area contributed by atoms with Crippen molar-refractivity contribution >= 4 is 78.5 Å². The Morgan fingerprint density at radius 2 is 1.93 bits per heavy atom. The van der Waals surface area contributed by atoms with E-state index in [4.69, 9.17) is 34.8 Å². The van der Waals surface area contributed by atoms with Crippen molar-refractivity contribution in [3.05, 3.63) is 98.6 Å². The third-order valence-electron chi connectivity index (χ3n) is 6.97. The smallest absolute Gasteiger partial charge is 0.235 e. The van der Waals surface area contributed by atoms with Gasteiger partial charge in [0, 0.05) is 23.8 Å². The van der Waals surface area contributed by atoms with E-state index >= 15 is 0 Å². The third kappa shape index (κ3) is 5.52. The number of rotatable bonds is 7. The fourth-order valence-electron chi connectivity index (χ4n) is 4.95. The van der Waals surface area contributed by atoms with Crippen molar-refractivity contribution in [3.8, 4) is 6.07 Å². The SMILES string of the molecule is N#Cc1cnc2c(Cl)cc(NC(c3cccc(N4CCCS4(=O)=O)c3)c3cn[nH]n3)cc2c1Nc1ccc(Cl)c(Cl)c1F. The summed E-state index contributed by atoms with van der Waals surface area (Å²) in [5.41, 5.74) is 3.06. The number of pyridine rings is 1. The molecule has 6 rings (SSSR count). The van der Waals surface area contributed by atoms with E-state index in [-0.39, 0.29) is 37.8 Å². The van der Waals surface area contributed by atoms with Crippen LogP contribution in [0.4, 0.5) is 27.1 Å². The molecule has 1 aliphatic rings. The van der Waals surface area contributed by atoms with Crippen LogP contribution in [0.1, 0.15) is 29.3 Å². The Hall–Kier alpha value is -4.15. The van der Waals surface area contributed by atoms with E-state index in [1.165, 1.54) is 22.6 Å². The standard InChI is InChI=1S/C28H20Cl3FN8O2S/c29-20-5-6-22(25(32)24(20)31)37-26-16(12-33)13-34-28-19(26)10-17(11-21(28)30)36-27(23-14-35-39-38-23)15-3-1-4-18(9-15)40-7-2-8-43(40,41)42/h1,3-6,9-11,13-14,27,36H,2,7-8H2,(H,34,37)(H,35,38,39). The van der Waals surface area contributed by atoms with Crippen molar-refractivity contribution in [2.24, 2.45) is 0 Å². The lowest BCUT2D eigenvalue weighted by Crippen LogP contribution is -2.25. The van der Waals surface area contributed by atoms with Crippen molar-refractivity contribution in [3.63, 3.8) is 0 Å². The summed E-state index contributed by atoms with van der Waals surface area (Å²) in [5, 5.41) is 27.5. The van der Waals surface area contributed by atoms with Gasteiger partial charge in [-0.1, -0.05) is 46.9 Å². The number of aromatic amines is 1. The number of H-pyrrole nitrogens is 1. The molecule has 0 amide bonds. The number of hydrogen-bond donors (Lipinski definition) is 3. The molecule has 5 aromatic rings. The highest BCUT2D eigenvalue weighted by Gasteiger charge is 2.29. The fraction of sp³-hybridized carbons (Fsp3) is 0.143. The largest absolute Gasteiger partial charge is 0.373 e. The molecule has 0 saturated carbocycles. The van der Waals surface area contributed by atoms with Gasteiger partial charge in [0.25, 0.3) is 0 Å². The predicted molar refractivity (Wildman–Crippen MR) is 165 cm³/mol. The second-order valence-corrected chi connectivity index (χ2v) is 12.9. The number of halogens is 4. The lowest BCUT2D eigenvalue weighted by Gasteiger charge is -2.22. The van der Waals surface area contributed by atoms with E-state index in [1.807, 2.05) is 6.07 Å². The van der Waals surface area contributed by atoms with Gasteiger partial charge in [-0.05, 0) is 48.4 Å². The molecule has 1 aliphatic heterocycles. The lowest BCUT2D eigenvalue weighted by atomic mass is 10.0. The molecule has 1 fully saturated rings. The van der Waals surface area contributed by atoms with E-state index in [9.17, 15) is 18.1 Å². The molecule has 1 saturated heterocycles. The van der Waals surface area contributed by atoms with Crippen molar-refractivity contribution < 1.29 is 12.8 Å². The maximum Gasteiger partial charge on any atom is 0.235 e. The normalized spacial score (nSPS) is 14.9. The predicted octanol–water partition coefficient (Wildman–Crippen LogP) is 6.81. The third-order valence-corrected chi connectivity index (χ3v) is 9.91. The van der Waals surface area contributed by atoms with E-state index in [1.54, 1.807) is 36.5 Å². The maximum absolute atomic E-state index is 15.0. The first-order valence-corrected chi connectivity index (χ1v) is 15.6. The molecule has 0 spiro atoms. The molecule has 1 unspecified atom stereocenters. The summed E-state index contributed by atoms with van der Waals surface area (Å²) in [6, 6.07) is 14.9. The van der Waals surface area contributed by atoms with E-state index < -0.39 is 21.9 Å². The van der Waals surface area contributed by atoms with Gasteiger partial charge < -0.3 is 10.6 Å². The van der Waals surface area contributed by atoms with Crippen molar-refractivity contribution in [2.75, 3.05) is 27.2 Å². The molecule has 15 heteroatoms. The Balaban J connectivity index is 1.44. The second-order valence-electron chi connectivity index (χ2n) is 9.67. The number of hydrogen-bond acceptors (Lipinski definition) is 8. The van der Waals surface area contributed by atoms with Crippen LogP contribution in [0.25, 0.3) is 10.9 Å². The molecule has 3 aromatic carbocycles. The molecule has 1 atom stereocenters. The number of nitrogens with zero attached hydrogens (tertiary/aromatic N) is 5. The number of nitriles is 1. The molecule has 2 aromatic heterocycles. The number of fused-ring (bicyclic) bond motifs is 1. The lowest BCUT2D eigenvalue weighted by molar-refractivity contribution is 0.599. The van der Waals surface area contributed by atoms with Crippen LogP contribution < -0.4 is 14.9 Å². The van der Waals surface area contributed by atoms with Crippen LogP contribution in [0.15, 0.2) is 60.9 Å². The quantitative estimate of drug-likeness (QED) is 0.162. The minimum Gasteiger partial charge on any atom is -0.373 e. The van der Waals surface area contributed by atoms with Gasteiger partial charge in [0.05, 0.1) is 61.2 Å². The summed E-state index contributed by atoms with van der Waals surface area (Å²) in [4.78, 5) is 4.35. The van der Waals surface area contributed by atoms with Gasteiger partial charge >= 0.3 is 0 Å². The zero-order valence-corrected chi connectivity index (χ0v) is 25.0. The fourth-order valence-corrected chi connectivity index (χ4v) is 7.09. The monoisotopic (exact) mass is 656 g/mol. The van der Waals surface area contributed by atoms with Crippen molar-refractivity contribution in [1.82, 2.24) is 20.4 Å². The first-order chi connectivity index (χ1) is 20.7. The van der Waals surface area contributed by atoms with Crippen molar-refractivity contribution in [1.29, 1.82) is 5.26 Å². The summed E-state index contributed by atoms with van der Waals surface area (Å²) in [7, 11) is -3.39. The highest BCUT2D eigenvalue weighted by atomic mass is 35.5. The highest BCUT2D eigenvalue weighted by molar-refractivity contribution is 7.93. The molecule has 10 nitrogen and oxygen atoms in total. The zero-order valence-electron chi connectivity index (χ0n) is 21.9. The highest BCUT2D eigenvalue weighted by Crippen LogP contribution is 2.39. The average molecular weight is 658 g/mol. The van der Waals surface area contributed by atoms with E-state index in [0.717, 1.165) is 0 Å². The van der Waals surface area contributed by atoms with Gasteiger partial charge in [-0.3, -0.25) is 9.29 Å². The van der Waals surface area contributed by atoms with Gasteiger partial charge in [-0.25, -0.2) is 12.8 Å². The number of aromatic nitrogens is 4. The molecule has 218 valence electrons. The van der Waals surface area contributed by atoms with Crippen LogP contribution in [0.3, 0.4) is 0 Å². The Bertz CT molecular complexity index is 2020. The van der Waals surface area contributed by atoms with Gasteiger partial charge in [0.1, 0.15) is 11.8 Å². The van der Waals surface area contributed by atoms with E-state index in [2.05, 4.69) is 37.1 Å². The number of benzene rings is 3. The van der Waals surface area contributed by atoms with E-state index in [0.29, 0.717) is 46.5 Å². The van der Waals surface area contributed by atoms with Crippen molar-refractivity contribution in [2.45, 2.75) is 12.5 Å². The van der Waals surface area contributed by atoms with Gasteiger partial charge in [-0.2, -0.15) is 20.7 Å². The molecule has 0 radical (unpaired) electrons. The van der Waals surface area contributed by atoms with Crippen LogP contribution in [-0.4, -0.2) is 41.1 Å². The first kappa shape index (κ1) is 28.9. The topological polar surface area (TPSA) is 140 Å². The summed E-state index contributed by atoms with van der Waals surface area (Å²) < 4.78 is 41.6. The summed E-state index contributed by atoms with van der Waals surface area (Å²) in [5.74, 6) is -0.687. The minimum absolute atomic E-state index is 0.00189. The molecule has 0 aliphatic carbocycles. The minimum atomic E-state index is -3.39. The summed E-state index contributed by atoms with van der Waals surface area (Å²) >= 11 is 18.6. The second kappa shape index (κ2) is 11.5. The molecule has 0 bridgehead atoms. The van der Waals surface area contributed by atoms with Crippen LogP contribution in [0.5, 0.6) is 0 Å². The summed E-state index contributed by atoms with van der Waals surface area (Å²) in [6.07, 6.45) is 3.44. The van der Waals surface area contributed by atoms with Gasteiger partial charge in [-0.15, -0.1) is 0 Å². The average Bonchev–Trinajstić information content (AvgIpc) is 3.66. The molecule has 3 heterocycles. The van der Waals surface area contributed by atoms with Crippen LogP contribution >= 0.6 is 34.8 Å². The maximum atomic E-state index is 15.0. The zero-order chi connectivity index (χ0) is 30.3. The molecular formula is C28H20Cl3FN8O2S. The molecule has 43 heavy (non-hydrogen) atoms. The Labute approximate surface area is 260 Å². The number of anilines is 4. The van der Waals surface area contributed by atoms with Crippen LogP contribution in [0.2, 0.25) is 15.1 Å². The number of sulfonamides is 1. The first-order valence-electron chi connectivity index (χ1n) is 12.8. The summed E-state index contributed by atoms with van der Waals surface area (Å²) in [6.45, 7) is 0.400.